The van der Waals surface area contributed by atoms with Crippen molar-refractivity contribution in [2.75, 3.05) is 0 Å². The van der Waals surface area contributed by atoms with E-state index < -0.39 is 7.12 Å². The predicted octanol–water partition coefficient (Wildman–Crippen LogP) is 11.2. The molecule has 46 heavy (non-hydrogen) atoms. The van der Waals surface area contributed by atoms with Gasteiger partial charge in [0.1, 0.15) is 0 Å². The van der Waals surface area contributed by atoms with Gasteiger partial charge in [-0.05, 0) is 115 Å². The summed E-state index contributed by atoms with van der Waals surface area (Å²) in [5, 5.41) is 21.5. The second kappa shape index (κ2) is 9.11. The van der Waals surface area contributed by atoms with Gasteiger partial charge >= 0.3 is 7.12 Å². The maximum atomic E-state index is 6.47. The molecule has 10 rings (SSSR count). The van der Waals surface area contributed by atoms with Gasteiger partial charge in [-0.25, -0.2) is 0 Å². The molecule has 0 N–H and O–H groups in total. The average molecular weight is 611 g/mol. The fourth-order valence-electron chi connectivity index (χ4n) is 7.95. The highest BCUT2D eigenvalue weighted by atomic mass is 31.0. The van der Waals surface area contributed by atoms with E-state index in [1.165, 1.54) is 85.6 Å². The molecule has 1 aliphatic heterocycles. The van der Waals surface area contributed by atoms with Crippen LogP contribution in [0.2, 0.25) is 0 Å². The van der Waals surface area contributed by atoms with Gasteiger partial charge in [0, 0.05) is 15.6 Å². The Morgan fingerprint density at radius 3 is 1.72 bits per heavy atom. The van der Waals surface area contributed by atoms with Crippen LogP contribution in [0.3, 0.4) is 0 Å². The first-order valence-corrected chi connectivity index (χ1v) is 17.2. The summed E-state index contributed by atoms with van der Waals surface area (Å²) < 4.78 is 12.9. The highest BCUT2D eigenvalue weighted by Gasteiger charge is 2.51. The summed E-state index contributed by atoms with van der Waals surface area (Å²) in [7, 11) is 0.207. The summed E-state index contributed by atoms with van der Waals surface area (Å²) in [6.45, 7) is 8.47. The summed E-state index contributed by atoms with van der Waals surface area (Å²) in [5.74, 6) is 0. The van der Waals surface area contributed by atoms with Gasteiger partial charge in [-0.1, -0.05) is 103 Å². The second-order valence-corrected chi connectivity index (χ2v) is 15.3. The SMILES string of the molecule is CC1(C)OB(c2ccc3c(c2)c2ccccc2c2cc4c(cc32)[pH]c2c3ccccc3c3ccc5ccccc5c3c42)OC1(C)C. The fraction of sp³-hybridized carbons (Fsp3) is 0.143. The van der Waals surface area contributed by atoms with E-state index in [9.17, 15) is 0 Å². The molecule has 0 amide bonds. The van der Waals surface area contributed by atoms with Crippen molar-refractivity contribution >= 4 is 106 Å². The smallest absolute Gasteiger partial charge is 0.399 e. The van der Waals surface area contributed by atoms with Crippen LogP contribution in [-0.4, -0.2) is 18.3 Å². The van der Waals surface area contributed by atoms with Gasteiger partial charge in [0.25, 0.3) is 0 Å². The molecule has 1 unspecified atom stereocenters. The van der Waals surface area contributed by atoms with Gasteiger partial charge in [0.2, 0.25) is 0 Å². The first-order valence-electron chi connectivity index (χ1n) is 16.2. The summed E-state index contributed by atoms with van der Waals surface area (Å²) in [6.07, 6.45) is 0. The van der Waals surface area contributed by atoms with Crippen LogP contribution in [0.4, 0.5) is 0 Å². The summed E-state index contributed by atoms with van der Waals surface area (Å²) in [6, 6.07) is 43.2. The molecule has 4 heteroatoms. The molecule has 1 atom stereocenters. The number of hydrogen-bond donors (Lipinski definition) is 0. The first-order chi connectivity index (χ1) is 22.3. The van der Waals surface area contributed by atoms with Crippen LogP contribution in [0.5, 0.6) is 0 Å². The molecule has 8 aromatic carbocycles. The predicted molar refractivity (Wildman–Crippen MR) is 202 cm³/mol. The Labute approximate surface area is 269 Å². The maximum absolute atomic E-state index is 6.47. The van der Waals surface area contributed by atoms with Crippen LogP contribution in [0.1, 0.15) is 27.7 Å². The van der Waals surface area contributed by atoms with E-state index in [0.717, 1.165) is 5.46 Å². The van der Waals surface area contributed by atoms with Gasteiger partial charge in [0.05, 0.1) is 11.2 Å². The molecule has 1 fully saturated rings. The zero-order chi connectivity index (χ0) is 30.9. The van der Waals surface area contributed by atoms with E-state index in [0.29, 0.717) is 8.19 Å². The molecule has 9 aromatic rings. The van der Waals surface area contributed by atoms with Gasteiger partial charge in [-0.2, -0.15) is 0 Å². The third-order valence-electron chi connectivity index (χ3n) is 11.0. The zero-order valence-electron chi connectivity index (χ0n) is 26.4. The standard InChI is InChI=1S/C42H32BO2P/c1-41(2)42(3,4)45-43(44-41)25-18-20-30-33(21-25)27-13-7-8-14-28(27)34-22-36-37(23-35(30)34)46-40-32-16-10-9-15-29(32)31-19-17-24-11-5-6-12-26(24)38(31)39(36)40/h5-23,46H,1-4H3. The molecule has 2 nitrogen and oxygen atoms in total. The van der Waals surface area contributed by atoms with Crippen molar-refractivity contribution < 1.29 is 9.31 Å². The van der Waals surface area contributed by atoms with Crippen molar-refractivity contribution in [1.29, 1.82) is 0 Å². The minimum atomic E-state index is -0.392. The summed E-state index contributed by atoms with van der Waals surface area (Å²) in [5.41, 5.74) is 0.304. The van der Waals surface area contributed by atoms with Crippen molar-refractivity contribution in [1.82, 2.24) is 0 Å². The number of hydrogen-bond acceptors (Lipinski definition) is 2. The zero-order valence-corrected chi connectivity index (χ0v) is 27.4. The fourth-order valence-corrected chi connectivity index (χ4v) is 9.50. The third kappa shape index (κ3) is 3.51. The topological polar surface area (TPSA) is 18.5 Å². The van der Waals surface area contributed by atoms with E-state index in [1.807, 2.05) is 0 Å². The van der Waals surface area contributed by atoms with Crippen molar-refractivity contribution in [3.05, 3.63) is 115 Å². The van der Waals surface area contributed by atoms with Crippen LogP contribution in [-0.2, 0) is 9.31 Å². The Hall–Kier alpha value is -4.40. The molecule has 1 aliphatic rings. The lowest BCUT2D eigenvalue weighted by Crippen LogP contribution is -2.41. The van der Waals surface area contributed by atoms with Gasteiger partial charge in [-0.3, -0.25) is 0 Å². The Kier molecular flexibility index (Phi) is 5.31. The van der Waals surface area contributed by atoms with Crippen molar-refractivity contribution in [2.45, 2.75) is 38.9 Å². The molecular weight excluding hydrogens is 578 g/mol. The van der Waals surface area contributed by atoms with E-state index in [-0.39, 0.29) is 11.2 Å². The summed E-state index contributed by atoms with van der Waals surface area (Å²) in [4.78, 5) is 0. The van der Waals surface area contributed by atoms with Crippen molar-refractivity contribution in [3.63, 3.8) is 0 Å². The lowest BCUT2D eigenvalue weighted by atomic mass is 9.77. The van der Waals surface area contributed by atoms with Gasteiger partial charge in [-0.15, -0.1) is 8.19 Å². The normalized spacial score (nSPS) is 16.6. The number of rotatable bonds is 1. The molecule has 0 radical (unpaired) electrons. The molecule has 2 heterocycles. The minimum Gasteiger partial charge on any atom is -0.399 e. The largest absolute Gasteiger partial charge is 0.494 e. The number of benzene rings is 8. The van der Waals surface area contributed by atoms with Crippen molar-refractivity contribution in [2.24, 2.45) is 0 Å². The van der Waals surface area contributed by atoms with Crippen LogP contribution < -0.4 is 5.46 Å². The molecule has 1 saturated heterocycles. The highest BCUT2D eigenvalue weighted by molar-refractivity contribution is 7.44. The molecule has 0 spiro atoms. The van der Waals surface area contributed by atoms with Crippen LogP contribution in [0.25, 0.3) is 85.6 Å². The van der Waals surface area contributed by atoms with E-state index >= 15 is 0 Å². The minimum absolute atomic E-state index is 0.381. The number of fused-ring (bicyclic) bond motifs is 16. The highest BCUT2D eigenvalue weighted by Crippen LogP contribution is 2.50. The quantitative estimate of drug-likeness (QED) is 0.136. The Balaban J connectivity index is 1.34. The molecular formula is C42H32BO2P. The van der Waals surface area contributed by atoms with Crippen molar-refractivity contribution in [3.8, 4) is 0 Å². The molecule has 0 saturated carbocycles. The van der Waals surface area contributed by atoms with Gasteiger partial charge in [0.15, 0.2) is 0 Å². The van der Waals surface area contributed by atoms with Crippen LogP contribution in [0, 0.1) is 0 Å². The monoisotopic (exact) mass is 610 g/mol. The van der Waals surface area contributed by atoms with Crippen LogP contribution in [0.15, 0.2) is 115 Å². The lowest BCUT2D eigenvalue weighted by molar-refractivity contribution is 0.00578. The molecule has 0 aliphatic carbocycles. The summed E-state index contributed by atoms with van der Waals surface area (Å²) >= 11 is 0. The second-order valence-electron chi connectivity index (χ2n) is 14.0. The lowest BCUT2D eigenvalue weighted by Gasteiger charge is -2.32. The molecule has 0 bridgehead atoms. The molecule has 220 valence electrons. The Morgan fingerprint density at radius 2 is 1.00 bits per heavy atom. The Morgan fingerprint density at radius 1 is 0.457 bits per heavy atom. The maximum Gasteiger partial charge on any atom is 0.494 e. The third-order valence-corrected chi connectivity index (χ3v) is 12.4. The molecule has 1 aromatic heterocycles. The first kappa shape index (κ1) is 26.8. The van der Waals surface area contributed by atoms with E-state index in [1.54, 1.807) is 0 Å². The van der Waals surface area contributed by atoms with E-state index in [4.69, 9.17) is 9.31 Å². The van der Waals surface area contributed by atoms with Gasteiger partial charge < -0.3 is 9.31 Å². The van der Waals surface area contributed by atoms with Crippen LogP contribution >= 0.6 is 8.19 Å². The Bertz CT molecular complexity index is 2760. The average Bonchev–Trinajstić information content (AvgIpc) is 3.55. The van der Waals surface area contributed by atoms with E-state index in [2.05, 4.69) is 143 Å².